The van der Waals surface area contributed by atoms with Gasteiger partial charge in [-0.1, -0.05) is 44.2 Å². The average Bonchev–Trinajstić information content (AvgIpc) is 2.47. The van der Waals surface area contributed by atoms with Gasteiger partial charge in [-0.2, -0.15) is 0 Å². The Hall–Kier alpha value is -1.39. The molecule has 0 saturated heterocycles. The summed E-state index contributed by atoms with van der Waals surface area (Å²) in [5.41, 5.74) is 1.15. The molecule has 3 N–H and O–H groups in total. The Kier molecular flexibility index (Phi) is 8.01. The number of carbonyl (C=O) groups is 1. The summed E-state index contributed by atoms with van der Waals surface area (Å²) in [6.45, 7) is 6.81. The van der Waals surface area contributed by atoms with Crippen LogP contribution in [0.15, 0.2) is 30.3 Å². The maximum absolute atomic E-state index is 12.0. The first kappa shape index (κ1) is 17.7. The molecule has 0 radical (unpaired) electrons. The number of hydrogen-bond donors (Lipinski definition) is 3. The molecule has 0 heterocycles. The van der Waals surface area contributed by atoms with Gasteiger partial charge in [-0.25, -0.2) is 0 Å². The highest BCUT2D eigenvalue weighted by atomic mass is 16.3. The molecule has 0 aromatic heterocycles. The smallest absolute Gasteiger partial charge is 0.236 e. The minimum atomic E-state index is -0.307. The SMILES string of the molecule is CC(C)CCNC(=O)C(C)NC(CO)Cc1ccccc1. The zero-order valence-corrected chi connectivity index (χ0v) is 13.3. The highest BCUT2D eigenvalue weighted by Gasteiger charge is 2.17. The molecule has 0 aliphatic heterocycles. The minimum Gasteiger partial charge on any atom is -0.395 e. The standard InChI is InChI=1S/C17H28N2O2/c1-13(2)9-10-18-17(21)14(3)19-16(12-20)11-15-7-5-4-6-8-15/h4-8,13-14,16,19-20H,9-12H2,1-3H3,(H,18,21). The largest absolute Gasteiger partial charge is 0.395 e. The quantitative estimate of drug-likeness (QED) is 0.649. The summed E-state index contributed by atoms with van der Waals surface area (Å²) in [7, 11) is 0. The average molecular weight is 292 g/mol. The molecule has 4 nitrogen and oxygen atoms in total. The lowest BCUT2D eigenvalue weighted by Gasteiger charge is -2.21. The number of aliphatic hydroxyl groups excluding tert-OH is 1. The summed E-state index contributed by atoms with van der Waals surface area (Å²) < 4.78 is 0. The van der Waals surface area contributed by atoms with Gasteiger partial charge < -0.3 is 15.7 Å². The summed E-state index contributed by atoms with van der Waals surface area (Å²) in [4.78, 5) is 12.0. The van der Waals surface area contributed by atoms with Crippen LogP contribution in [0.2, 0.25) is 0 Å². The van der Waals surface area contributed by atoms with Gasteiger partial charge >= 0.3 is 0 Å². The molecular formula is C17H28N2O2. The van der Waals surface area contributed by atoms with Crippen molar-refractivity contribution in [3.8, 4) is 0 Å². The fraction of sp³-hybridized carbons (Fsp3) is 0.588. The topological polar surface area (TPSA) is 61.4 Å². The van der Waals surface area contributed by atoms with Crippen LogP contribution in [0, 0.1) is 5.92 Å². The lowest BCUT2D eigenvalue weighted by Crippen LogP contribution is -2.48. The number of amides is 1. The minimum absolute atomic E-state index is 0.0119. The lowest BCUT2D eigenvalue weighted by atomic mass is 10.1. The third-order valence-electron chi connectivity index (χ3n) is 3.45. The highest BCUT2D eigenvalue weighted by molar-refractivity contribution is 5.81. The third kappa shape index (κ3) is 7.25. The summed E-state index contributed by atoms with van der Waals surface area (Å²) in [5.74, 6) is 0.569. The molecule has 0 aliphatic rings. The summed E-state index contributed by atoms with van der Waals surface area (Å²) in [6, 6.07) is 9.55. The second-order valence-electron chi connectivity index (χ2n) is 5.93. The van der Waals surface area contributed by atoms with Crippen LogP contribution in [0.1, 0.15) is 32.8 Å². The van der Waals surface area contributed by atoms with E-state index in [0.717, 1.165) is 12.0 Å². The first-order valence-electron chi connectivity index (χ1n) is 7.71. The van der Waals surface area contributed by atoms with E-state index in [0.29, 0.717) is 18.9 Å². The number of nitrogens with one attached hydrogen (secondary N) is 2. The Balaban J connectivity index is 2.39. The van der Waals surface area contributed by atoms with Crippen LogP contribution in [0.5, 0.6) is 0 Å². The van der Waals surface area contributed by atoms with Crippen LogP contribution >= 0.6 is 0 Å². The molecule has 1 aromatic carbocycles. The molecule has 2 atom stereocenters. The zero-order chi connectivity index (χ0) is 15.7. The first-order chi connectivity index (χ1) is 10.0. The van der Waals surface area contributed by atoms with E-state index in [4.69, 9.17) is 0 Å². The Morgan fingerprint density at radius 3 is 2.43 bits per heavy atom. The number of benzene rings is 1. The van der Waals surface area contributed by atoms with Crippen molar-refractivity contribution in [2.75, 3.05) is 13.2 Å². The van der Waals surface area contributed by atoms with Gasteiger partial charge in [0, 0.05) is 12.6 Å². The van der Waals surface area contributed by atoms with Crippen LogP contribution in [0.3, 0.4) is 0 Å². The van der Waals surface area contributed by atoms with Crippen molar-refractivity contribution < 1.29 is 9.90 Å². The van der Waals surface area contributed by atoms with Gasteiger partial charge in [0.2, 0.25) is 5.91 Å². The van der Waals surface area contributed by atoms with Crippen molar-refractivity contribution >= 4 is 5.91 Å². The molecule has 1 aromatic rings. The number of hydrogen-bond acceptors (Lipinski definition) is 3. The molecule has 0 spiro atoms. The predicted molar refractivity (Wildman–Crippen MR) is 86.1 cm³/mol. The van der Waals surface area contributed by atoms with Gasteiger partial charge in [0.1, 0.15) is 0 Å². The fourth-order valence-corrected chi connectivity index (χ4v) is 2.14. The van der Waals surface area contributed by atoms with E-state index in [-0.39, 0.29) is 24.6 Å². The molecule has 1 amide bonds. The van der Waals surface area contributed by atoms with Crippen molar-refractivity contribution in [1.82, 2.24) is 10.6 Å². The van der Waals surface area contributed by atoms with Crippen LogP contribution < -0.4 is 10.6 Å². The van der Waals surface area contributed by atoms with Crippen LogP contribution in [0.25, 0.3) is 0 Å². The van der Waals surface area contributed by atoms with E-state index in [1.54, 1.807) is 0 Å². The Bertz CT molecular complexity index is 407. The summed E-state index contributed by atoms with van der Waals surface area (Å²) >= 11 is 0. The van der Waals surface area contributed by atoms with E-state index in [1.165, 1.54) is 0 Å². The molecular weight excluding hydrogens is 264 g/mol. The number of rotatable bonds is 9. The third-order valence-corrected chi connectivity index (χ3v) is 3.45. The Labute approximate surface area is 128 Å². The Morgan fingerprint density at radius 2 is 1.86 bits per heavy atom. The van der Waals surface area contributed by atoms with E-state index in [9.17, 15) is 9.90 Å². The monoisotopic (exact) mass is 292 g/mol. The molecule has 0 aliphatic carbocycles. The van der Waals surface area contributed by atoms with Crippen LogP contribution in [-0.2, 0) is 11.2 Å². The highest BCUT2D eigenvalue weighted by Crippen LogP contribution is 2.04. The second-order valence-corrected chi connectivity index (χ2v) is 5.93. The lowest BCUT2D eigenvalue weighted by molar-refractivity contribution is -0.123. The molecule has 21 heavy (non-hydrogen) atoms. The Morgan fingerprint density at radius 1 is 1.19 bits per heavy atom. The van der Waals surface area contributed by atoms with Crippen molar-refractivity contribution in [3.63, 3.8) is 0 Å². The van der Waals surface area contributed by atoms with Crippen molar-refractivity contribution in [2.24, 2.45) is 5.92 Å². The van der Waals surface area contributed by atoms with Crippen LogP contribution in [-0.4, -0.2) is 36.2 Å². The molecule has 1 rings (SSSR count). The normalized spacial score (nSPS) is 14.0. The number of carbonyl (C=O) groups excluding carboxylic acids is 1. The molecule has 0 saturated carbocycles. The van der Waals surface area contributed by atoms with Gasteiger partial charge in [-0.05, 0) is 31.2 Å². The second kappa shape index (κ2) is 9.53. The summed E-state index contributed by atoms with van der Waals surface area (Å²) in [5, 5.41) is 15.6. The van der Waals surface area contributed by atoms with Crippen molar-refractivity contribution in [2.45, 2.75) is 45.7 Å². The van der Waals surface area contributed by atoms with E-state index in [1.807, 2.05) is 37.3 Å². The fourth-order valence-electron chi connectivity index (χ4n) is 2.14. The molecule has 0 fully saturated rings. The van der Waals surface area contributed by atoms with Crippen molar-refractivity contribution in [3.05, 3.63) is 35.9 Å². The molecule has 0 bridgehead atoms. The zero-order valence-electron chi connectivity index (χ0n) is 13.3. The first-order valence-corrected chi connectivity index (χ1v) is 7.71. The van der Waals surface area contributed by atoms with Crippen LogP contribution in [0.4, 0.5) is 0 Å². The van der Waals surface area contributed by atoms with Gasteiger partial charge in [0.15, 0.2) is 0 Å². The molecule has 4 heteroatoms. The maximum Gasteiger partial charge on any atom is 0.236 e. The van der Waals surface area contributed by atoms with E-state index >= 15 is 0 Å². The van der Waals surface area contributed by atoms with Gasteiger partial charge in [-0.3, -0.25) is 4.79 Å². The maximum atomic E-state index is 12.0. The molecule has 2 unspecified atom stereocenters. The van der Waals surface area contributed by atoms with Gasteiger partial charge in [0.25, 0.3) is 0 Å². The van der Waals surface area contributed by atoms with Crippen molar-refractivity contribution in [1.29, 1.82) is 0 Å². The molecule has 118 valence electrons. The van der Waals surface area contributed by atoms with Gasteiger partial charge in [-0.15, -0.1) is 0 Å². The van der Waals surface area contributed by atoms with Gasteiger partial charge in [0.05, 0.1) is 12.6 Å². The van der Waals surface area contributed by atoms with E-state index in [2.05, 4.69) is 24.5 Å². The van der Waals surface area contributed by atoms with E-state index < -0.39 is 0 Å². The predicted octanol–water partition coefficient (Wildman–Crippen LogP) is 1.73. The number of aliphatic hydroxyl groups is 1. The summed E-state index contributed by atoms with van der Waals surface area (Å²) in [6.07, 6.45) is 1.69.